The third-order valence-electron chi connectivity index (χ3n) is 9.03. The molecule has 1 rings (SSSR count). The van der Waals surface area contributed by atoms with Crippen molar-refractivity contribution in [1.82, 2.24) is 0 Å². The van der Waals surface area contributed by atoms with Crippen LogP contribution in [-0.2, 0) is 24.2 Å². The van der Waals surface area contributed by atoms with Crippen LogP contribution in [0.15, 0.2) is 0 Å². The normalized spacial score (nSPS) is 11.4. The van der Waals surface area contributed by atoms with E-state index in [-0.39, 0.29) is 17.1 Å². The molecule has 0 saturated heterocycles. The molecule has 1 aromatic carbocycles. The van der Waals surface area contributed by atoms with Crippen molar-refractivity contribution in [2.45, 2.75) is 201 Å². The molecule has 0 heterocycles. The quantitative estimate of drug-likeness (QED) is 0.0492. The van der Waals surface area contributed by atoms with Crippen molar-refractivity contribution < 1.29 is 24.8 Å². The van der Waals surface area contributed by atoms with E-state index in [2.05, 4.69) is 27.7 Å². The van der Waals surface area contributed by atoms with E-state index in [0.29, 0.717) is 13.0 Å². The molecule has 0 unspecified atom stereocenters. The van der Waals surface area contributed by atoms with Crippen LogP contribution in [0, 0.1) is 0 Å². The lowest BCUT2D eigenvalue weighted by Gasteiger charge is -2.23. The fourth-order valence-corrected chi connectivity index (χ4v) is 6.32. The highest BCUT2D eigenvalue weighted by Crippen LogP contribution is 2.42. The summed E-state index contributed by atoms with van der Waals surface area (Å²) in [5.41, 5.74) is 2.97. The van der Waals surface area contributed by atoms with Crippen molar-refractivity contribution in [3.05, 3.63) is 22.3 Å². The number of benzene rings is 1. The molecule has 0 aliphatic heterocycles. The van der Waals surface area contributed by atoms with Gasteiger partial charge in [0.15, 0.2) is 5.75 Å². The van der Waals surface area contributed by atoms with Crippen LogP contribution in [0.1, 0.15) is 209 Å². The summed E-state index contributed by atoms with van der Waals surface area (Å²) in [6.07, 6.45) is 30.5. The van der Waals surface area contributed by atoms with Crippen LogP contribution in [0.3, 0.4) is 0 Å². The van der Waals surface area contributed by atoms with Crippen LogP contribution in [0.5, 0.6) is 11.5 Å². The van der Waals surface area contributed by atoms with E-state index in [9.17, 15) is 15.0 Å². The first-order valence-corrected chi connectivity index (χ1v) is 18.9. The van der Waals surface area contributed by atoms with Gasteiger partial charge in [0.2, 0.25) is 5.75 Å². The second kappa shape index (κ2) is 27.6. The monoisotopic (exact) mass is 619 g/mol. The largest absolute Gasteiger partial charge is 0.504 e. The number of hydrogen-bond acceptors (Lipinski definition) is 4. The van der Waals surface area contributed by atoms with Gasteiger partial charge < -0.3 is 15.1 Å². The molecule has 5 heteroatoms. The standard InChI is InChI=1S/C39H70O5/c1-5-9-13-16-19-22-25-29-33-34(30-26-23-20-17-14-10-6-2)36(39(41)42)37(40)38(44-43-32-28-12-8-4)35(33)31-27-24-21-18-15-11-7-3/h40H,5-32H2,1-4H3,(H,41,42). The van der Waals surface area contributed by atoms with E-state index >= 15 is 0 Å². The number of carboxylic acids is 1. The molecule has 0 radical (unpaired) electrons. The molecule has 0 aromatic heterocycles. The molecule has 5 nitrogen and oxygen atoms in total. The molecule has 2 N–H and O–H groups in total. The molecule has 1 aromatic rings. The van der Waals surface area contributed by atoms with Crippen LogP contribution in [0.25, 0.3) is 0 Å². The molecule has 256 valence electrons. The van der Waals surface area contributed by atoms with Gasteiger partial charge in [-0.15, -0.1) is 0 Å². The first kappa shape index (κ1) is 40.3. The van der Waals surface area contributed by atoms with Gasteiger partial charge in [-0.05, 0) is 56.1 Å². The summed E-state index contributed by atoms with van der Waals surface area (Å²) < 4.78 is 0. The molecule has 44 heavy (non-hydrogen) atoms. The molecule has 0 amide bonds. The second-order valence-corrected chi connectivity index (χ2v) is 13.0. The summed E-state index contributed by atoms with van der Waals surface area (Å²) in [6, 6.07) is 0. The Morgan fingerprint density at radius 1 is 0.500 bits per heavy atom. The number of rotatable bonds is 31. The molecular weight excluding hydrogens is 548 g/mol. The lowest BCUT2D eigenvalue weighted by molar-refractivity contribution is -0.208. The van der Waals surface area contributed by atoms with Crippen molar-refractivity contribution in [2.24, 2.45) is 0 Å². The van der Waals surface area contributed by atoms with Gasteiger partial charge in [-0.2, -0.15) is 4.89 Å². The second-order valence-electron chi connectivity index (χ2n) is 13.0. The van der Waals surface area contributed by atoms with Gasteiger partial charge in [-0.3, -0.25) is 0 Å². The Balaban J connectivity index is 3.30. The summed E-state index contributed by atoms with van der Waals surface area (Å²) in [6.45, 7) is 9.30. The van der Waals surface area contributed by atoms with Crippen LogP contribution in [0.4, 0.5) is 0 Å². The first-order chi connectivity index (χ1) is 21.5. The first-order valence-electron chi connectivity index (χ1n) is 18.9. The molecule has 0 fully saturated rings. The third-order valence-corrected chi connectivity index (χ3v) is 9.03. The van der Waals surface area contributed by atoms with Gasteiger partial charge in [0.05, 0.1) is 6.61 Å². The molecule has 0 aliphatic rings. The highest BCUT2D eigenvalue weighted by molar-refractivity contribution is 5.94. The van der Waals surface area contributed by atoms with Crippen molar-refractivity contribution in [1.29, 1.82) is 0 Å². The Labute approximate surface area is 271 Å². The average Bonchev–Trinajstić information content (AvgIpc) is 3.01. The topological polar surface area (TPSA) is 76.0 Å². The predicted molar refractivity (Wildman–Crippen MR) is 186 cm³/mol. The van der Waals surface area contributed by atoms with Gasteiger partial charge >= 0.3 is 5.97 Å². The zero-order valence-corrected chi connectivity index (χ0v) is 29.4. The minimum atomic E-state index is -1.07. The summed E-state index contributed by atoms with van der Waals surface area (Å²) in [5, 5.41) is 21.8. The van der Waals surface area contributed by atoms with Crippen molar-refractivity contribution in [2.75, 3.05) is 6.61 Å². The van der Waals surface area contributed by atoms with E-state index in [1.54, 1.807) is 0 Å². The van der Waals surface area contributed by atoms with E-state index < -0.39 is 5.97 Å². The number of aromatic carboxylic acids is 1. The molecule has 0 saturated carbocycles. The highest BCUT2D eigenvalue weighted by Gasteiger charge is 2.28. The third kappa shape index (κ3) is 17.1. The Morgan fingerprint density at radius 3 is 1.30 bits per heavy atom. The SMILES string of the molecule is CCCCCCCCCc1c(CCCCCCCCC)c(OOCCCCC)c(O)c(C(=O)O)c1CCCCCCCCC. The summed E-state index contributed by atoms with van der Waals surface area (Å²) in [4.78, 5) is 24.2. The number of carboxylic acid groups (broad SMARTS) is 1. The molecule has 0 bridgehead atoms. The van der Waals surface area contributed by atoms with Crippen LogP contribution >= 0.6 is 0 Å². The summed E-state index contributed by atoms with van der Waals surface area (Å²) in [5.74, 6) is -1.06. The number of phenols is 1. The minimum absolute atomic E-state index is 0.0319. The van der Waals surface area contributed by atoms with Crippen molar-refractivity contribution in [3.8, 4) is 11.5 Å². The molecule has 0 spiro atoms. The van der Waals surface area contributed by atoms with Crippen LogP contribution < -0.4 is 4.89 Å². The Bertz CT molecular complexity index is 850. The predicted octanol–water partition coefficient (Wildman–Crippen LogP) is 12.5. The van der Waals surface area contributed by atoms with Gasteiger partial charge in [-0.1, -0.05) is 156 Å². The summed E-state index contributed by atoms with van der Waals surface area (Å²) in [7, 11) is 0. The molecule has 0 atom stereocenters. The lowest BCUT2D eigenvalue weighted by Crippen LogP contribution is -2.14. The smallest absolute Gasteiger partial charge is 0.339 e. The van der Waals surface area contributed by atoms with Gasteiger partial charge in [0.1, 0.15) is 5.56 Å². The maximum atomic E-state index is 12.7. The van der Waals surface area contributed by atoms with Gasteiger partial charge in [0, 0.05) is 5.56 Å². The maximum absolute atomic E-state index is 12.7. The van der Waals surface area contributed by atoms with E-state index in [0.717, 1.165) is 87.3 Å². The van der Waals surface area contributed by atoms with E-state index in [1.807, 2.05) is 0 Å². The van der Waals surface area contributed by atoms with E-state index in [4.69, 9.17) is 9.78 Å². The van der Waals surface area contributed by atoms with Crippen molar-refractivity contribution >= 4 is 5.97 Å². The fraction of sp³-hybridized carbons (Fsp3) is 0.821. The number of unbranched alkanes of at least 4 members (excludes halogenated alkanes) is 20. The average molecular weight is 619 g/mol. The molecule has 0 aliphatic carbocycles. The van der Waals surface area contributed by atoms with Crippen LogP contribution in [0.2, 0.25) is 0 Å². The minimum Gasteiger partial charge on any atom is -0.504 e. The Morgan fingerprint density at radius 2 is 0.864 bits per heavy atom. The van der Waals surface area contributed by atoms with E-state index in [1.165, 1.54) is 96.3 Å². The maximum Gasteiger partial charge on any atom is 0.339 e. The van der Waals surface area contributed by atoms with Gasteiger partial charge in [-0.25, -0.2) is 4.79 Å². The highest BCUT2D eigenvalue weighted by atomic mass is 17.2. The number of aromatic hydroxyl groups is 1. The van der Waals surface area contributed by atoms with Crippen LogP contribution in [-0.4, -0.2) is 22.8 Å². The summed E-state index contributed by atoms with van der Waals surface area (Å²) >= 11 is 0. The zero-order chi connectivity index (χ0) is 32.3. The lowest BCUT2D eigenvalue weighted by atomic mass is 9.85. The number of hydrogen-bond donors (Lipinski definition) is 2. The van der Waals surface area contributed by atoms with Crippen molar-refractivity contribution in [3.63, 3.8) is 0 Å². The number of carbonyl (C=O) groups is 1. The zero-order valence-electron chi connectivity index (χ0n) is 29.4. The molecular formula is C39H70O5. The fourth-order valence-electron chi connectivity index (χ4n) is 6.32. The Kier molecular flexibility index (Phi) is 25.2. The van der Waals surface area contributed by atoms with Gasteiger partial charge in [0.25, 0.3) is 0 Å². The Hall–Kier alpha value is -1.75.